The molecule has 2 heterocycles. The lowest BCUT2D eigenvalue weighted by atomic mass is 9.70. The average Bonchev–Trinajstić information content (AvgIpc) is 3.74. The van der Waals surface area contributed by atoms with Crippen LogP contribution in [-0.2, 0) is 19.2 Å². The zero-order valence-corrected chi connectivity index (χ0v) is 23.3. The number of carbonyl (C=O) groups excluding carboxylic acids is 4. The van der Waals surface area contributed by atoms with Crippen LogP contribution in [0.3, 0.4) is 0 Å². The van der Waals surface area contributed by atoms with Crippen molar-refractivity contribution in [2.75, 3.05) is 0 Å². The maximum Gasteiger partial charge on any atom is 0.233 e. The quantitative estimate of drug-likeness (QED) is 0.393. The van der Waals surface area contributed by atoms with Gasteiger partial charge in [-0.25, -0.2) is 0 Å². The molecular formula is C33H42N2O4. The van der Waals surface area contributed by atoms with Crippen molar-refractivity contribution in [3.63, 3.8) is 0 Å². The van der Waals surface area contributed by atoms with Gasteiger partial charge in [-0.3, -0.25) is 29.0 Å². The van der Waals surface area contributed by atoms with Crippen LogP contribution in [0.5, 0.6) is 0 Å². The minimum Gasteiger partial charge on any atom is -0.279 e. The fraction of sp³-hybridized carbons (Fsp3) is 0.758. The predicted octanol–water partition coefficient (Wildman–Crippen LogP) is 4.60. The zero-order valence-electron chi connectivity index (χ0n) is 23.3. The first-order chi connectivity index (χ1) is 18.8. The van der Waals surface area contributed by atoms with Crippen molar-refractivity contribution >= 4 is 23.6 Å². The molecule has 4 amide bonds. The highest BCUT2D eigenvalue weighted by Gasteiger charge is 2.62. The number of amides is 4. The van der Waals surface area contributed by atoms with E-state index < -0.39 is 0 Å². The van der Waals surface area contributed by atoms with Crippen LogP contribution < -0.4 is 0 Å². The van der Waals surface area contributed by atoms with Crippen molar-refractivity contribution in [2.45, 2.75) is 83.7 Å². The summed E-state index contributed by atoms with van der Waals surface area (Å²) in [7, 11) is 0. The van der Waals surface area contributed by atoms with Crippen LogP contribution >= 0.6 is 0 Å². The molecule has 14 unspecified atom stereocenters. The molecule has 0 radical (unpaired) electrons. The molecule has 6 heteroatoms. The van der Waals surface area contributed by atoms with E-state index in [1.54, 1.807) is 9.80 Å². The molecule has 0 aromatic carbocycles. The van der Waals surface area contributed by atoms with Crippen LogP contribution in [0, 0.1) is 71.0 Å². The summed E-state index contributed by atoms with van der Waals surface area (Å²) < 4.78 is 0. The van der Waals surface area contributed by atoms with Crippen molar-refractivity contribution in [1.82, 2.24) is 9.80 Å². The van der Waals surface area contributed by atoms with Gasteiger partial charge < -0.3 is 0 Å². The van der Waals surface area contributed by atoms with Crippen molar-refractivity contribution in [2.24, 2.45) is 71.0 Å². The minimum absolute atomic E-state index is 0.0670. The summed E-state index contributed by atoms with van der Waals surface area (Å²) in [6, 6.07) is 0.134. The first kappa shape index (κ1) is 24.5. The SMILES string of the molecule is CC1CC(CC2CCC(N3C(=O)C4C5C=CC(C5)C4C3=O)C(C)C2)CCC1N1C(=O)C2C3C=CC(C3)C2C1=O. The third kappa shape index (κ3) is 3.38. The van der Waals surface area contributed by atoms with Crippen LogP contribution in [-0.4, -0.2) is 45.5 Å². The normalized spacial score (nSPS) is 51.5. The molecule has 6 fully saturated rings. The number of allylic oxidation sites excluding steroid dienone is 4. The van der Waals surface area contributed by atoms with Gasteiger partial charge in [0, 0.05) is 12.1 Å². The molecule has 8 rings (SSSR count). The Morgan fingerprint density at radius 3 is 1.18 bits per heavy atom. The van der Waals surface area contributed by atoms with Crippen LogP contribution in [0.25, 0.3) is 0 Å². The maximum absolute atomic E-state index is 13.4. The van der Waals surface area contributed by atoms with Gasteiger partial charge in [-0.2, -0.15) is 0 Å². The molecule has 2 aliphatic heterocycles. The summed E-state index contributed by atoms with van der Waals surface area (Å²) in [5, 5.41) is 0. The molecule has 208 valence electrons. The lowest BCUT2D eigenvalue weighted by molar-refractivity contribution is -0.147. The molecule has 8 aliphatic rings. The Hall–Kier alpha value is -2.24. The maximum atomic E-state index is 13.4. The molecular weight excluding hydrogens is 488 g/mol. The minimum atomic E-state index is -0.0885. The molecule has 6 nitrogen and oxygen atoms in total. The van der Waals surface area contributed by atoms with E-state index in [0.717, 1.165) is 51.4 Å². The molecule has 2 saturated heterocycles. The Balaban J connectivity index is 0.874. The lowest BCUT2D eigenvalue weighted by Gasteiger charge is -2.42. The Bertz CT molecular complexity index is 1040. The number of rotatable bonds is 4. The second-order valence-corrected chi connectivity index (χ2v) is 14.8. The van der Waals surface area contributed by atoms with E-state index in [1.165, 1.54) is 6.42 Å². The second-order valence-electron chi connectivity index (χ2n) is 14.8. The molecule has 39 heavy (non-hydrogen) atoms. The Morgan fingerprint density at radius 1 is 0.538 bits per heavy atom. The summed E-state index contributed by atoms with van der Waals surface area (Å²) in [4.78, 5) is 56.9. The van der Waals surface area contributed by atoms with Crippen molar-refractivity contribution in [1.29, 1.82) is 0 Å². The first-order valence-electron chi connectivity index (χ1n) is 15.9. The molecule has 0 spiro atoms. The first-order valence-corrected chi connectivity index (χ1v) is 15.9. The van der Waals surface area contributed by atoms with Gasteiger partial charge in [0.25, 0.3) is 0 Å². The Labute approximate surface area is 231 Å². The van der Waals surface area contributed by atoms with Gasteiger partial charge in [0.05, 0.1) is 23.7 Å². The fourth-order valence-electron chi connectivity index (χ4n) is 11.2. The highest BCUT2D eigenvalue weighted by molar-refractivity contribution is 6.07. The van der Waals surface area contributed by atoms with Gasteiger partial charge in [-0.05, 0) is 105 Å². The van der Waals surface area contributed by atoms with Gasteiger partial charge in [-0.1, -0.05) is 38.2 Å². The van der Waals surface area contributed by atoms with E-state index in [4.69, 9.17) is 0 Å². The predicted molar refractivity (Wildman–Crippen MR) is 144 cm³/mol. The lowest BCUT2D eigenvalue weighted by Crippen LogP contribution is -2.48. The highest BCUT2D eigenvalue weighted by Crippen LogP contribution is 2.55. The third-order valence-corrected chi connectivity index (χ3v) is 12.8. The molecule has 14 atom stereocenters. The molecule has 6 aliphatic carbocycles. The summed E-state index contributed by atoms with van der Waals surface area (Å²) in [6.07, 6.45) is 18.1. The van der Waals surface area contributed by atoms with E-state index in [0.29, 0.717) is 23.7 Å². The monoisotopic (exact) mass is 530 g/mol. The van der Waals surface area contributed by atoms with Crippen LogP contribution in [0.4, 0.5) is 0 Å². The Kier molecular flexibility index (Phi) is 5.43. The van der Waals surface area contributed by atoms with Crippen molar-refractivity contribution in [3.8, 4) is 0 Å². The highest BCUT2D eigenvalue weighted by atomic mass is 16.2. The van der Waals surface area contributed by atoms with Crippen LogP contribution in [0.2, 0.25) is 0 Å². The largest absolute Gasteiger partial charge is 0.279 e. The number of nitrogens with zero attached hydrogens (tertiary/aromatic N) is 2. The standard InChI is InChI=1S/C33H42N2O4/c1-16-11-18(3-9-24(16)34-30(36)26-20-5-6-21(14-20)27(26)31(34)37)13-19-4-10-25(17(2)12-19)35-32(38)28-22-7-8-23(15-22)29(28)33(35)39/h5-8,16-29H,3-4,9-15H2,1-2H3. The smallest absolute Gasteiger partial charge is 0.233 e. The number of imide groups is 2. The topological polar surface area (TPSA) is 74.8 Å². The number of hydrogen-bond acceptors (Lipinski definition) is 4. The van der Waals surface area contributed by atoms with Gasteiger partial charge in [0.2, 0.25) is 23.6 Å². The zero-order chi connectivity index (χ0) is 26.7. The number of likely N-dealkylation sites (tertiary alicyclic amines) is 2. The van der Waals surface area contributed by atoms with Crippen molar-refractivity contribution < 1.29 is 19.2 Å². The van der Waals surface area contributed by atoms with E-state index >= 15 is 0 Å². The second kappa shape index (κ2) is 8.63. The average molecular weight is 531 g/mol. The van der Waals surface area contributed by atoms with Gasteiger partial charge in [-0.15, -0.1) is 0 Å². The summed E-state index contributed by atoms with van der Waals surface area (Å²) in [5.74, 6) is 3.18. The van der Waals surface area contributed by atoms with Gasteiger partial charge in [0.1, 0.15) is 0 Å². The third-order valence-electron chi connectivity index (χ3n) is 12.8. The molecule has 4 saturated carbocycles. The molecule has 0 aromatic rings. The Morgan fingerprint density at radius 2 is 0.872 bits per heavy atom. The summed E-state index contributed by atoms with van der Waals surface area (Å²) in [6.45, 7) is 4.50. The number of carbonyl (C=O) groups is 4. The molecule has 0 aromatic heterocycles. The van der Waals surface area contributed by atoms with E-state index in [9.17, 15) is 19.2 Å². The number of fused-ring (bicyclic) bond motifs is 10. The van der Waals surface area contributed by atoms with E-state index in [1.807, 2.05) is 0 Å². The molecule has 0 N–H and O–H groups in total. The molecule has 4 bridgehead atoms. The van der Waals surface area contributed by atoms with Gasteiger partial charge in [0.15, 0.2) is 0 Å². The van der Waals surface area contributed by atoms with Gasteiger partial charge >= 0.3 is 0 Å². The van der Waals surface area contributed by atoms with E-state index in [-0.39, 0.29) is 83.1 Å². The van der Waals surface area contributed by atoms with Crippen LogP contribution in [0.15, 0.2) is 24.3 Å². The van der Waals surface area contributed by atoms with Crippen LogP contribution in [0.1, 0.15) is 71.6 Å². The number of hydrogen-bond donors (Lipinski definition) is 0. The van der Waals surface area contributed by atoms with Crippen molar-refractivity contribution in [3.05, 3.63) is 24.3 Å². The van der Waals surface area contributed by atoms with E-state index in [2.05, 4.69) is 38.2 Å². The summed E-state index contributed by atoms with van der Waals surface area (Å²) >= 11 is 0. The summed E-state index contributed by atoms with van der Waals surface area (Å²) in [5.41, 5.74) is 0. The fourth-order valence-corrected chi connectivity index (χ4v) is 11.2.